The molecule has 1 aromatic carbocycles. The van der Waals surface area contributed by atoms with Crippen molar-refractivity contribution in [2.75, 3.05) is 0 Å². The molecule has 0 aliphatic heterocycles. The van der Waals surface area contributed by atoms with Gasteiger partial charge >= 0.3 is 0 Å². The van der Waals surface area contributed by atoms with E-state index in [4.69, 9.17) is 0 Å². The van der Waals surface area contributed by atoms with Crippen molar-refractivity contribution in [1.29, 1.82) is 0 Å². The lowest BCUT2D eigenvalue weighted by atomic mass is 10.1. The topological polar surface area (TPSA) is 30.2 Å². The summed E-state index contributed by atoms with van der Waals surface area (Å²) < 4.78 is 3.31. The number of hydrogen-bond donors (Lipinski definition) is 0. The SMILES string of the molecule is Cc1cc2sc3nncn3c2cc1C. The molecule has 0 fully saturated rings. The molecule has 70 valence electrons. The van der Waals surface area contributed by atoms with Crippen molar-refractivity contribution in [1.82, 2.24) is 14.6 Å². The van der Waals surface area contributed by atoms with E-state index in [0.29, 0.717) is 0 Å². The fraction of sp³-hybridized carbons (Fsp3) is 0.200. The molecule has 0 saturated heterocycles. The molecule has 3 rings (SSSR count). The molecule has 2 aromatic heterocycles. The molecule has 4 heteroatoms. The van der Waals surface area contributed by atoms with Gasteiger partial charge in [-0.25, -0.2) is 0 Å². The van der Waals surface area contributed by atoms with E-state index in [1.54, 1.807) is 17.7 Å². The Labute approximate surface area is 85.0 Å². The molecule has 0 radical (unpaired) electrons. The zero-order valence-corrected chi connectivity index (χ0v) is 8.80. The van der Waals surface area contributed by atoms with Gasteiger partial charge in [0.25, 0.3) is 0 Å². The van der Waals surface area contributed by atoms with Crippen LogP contribution in [0.2, 0.25) is 0 Å². The van der Waals surface area contributed by atoms with Crippen LogP contribution in [-0.4, -0.2) is 14.6 Å². The molecule has 0 bridgehead atoms. The van der Waals surface area contributed by atoms with Gasteiger partial charge in [0.05, 0.1) is 10.2 Å². The second-order valence-corrected chi connectivity index (χ2v) is 4.50. The van der Waals surface area contributed by atoms with E-state index in [0.717, 1.165) is 4.96 Å². The van der Waals surface area contributed by atoms with Gasteiger partial charge in [0.15, 0.2) is 0 Å². The maximum Gasteiger partial charge on any atom is 0.217 e. The van der Waals surface area contributed by atoms with Crippen LogP contribution in [0.4, 0.5) is 0 Å². The lowest BCUT2D eigenvalue weighted by molar-refractivity contribution is 1.11. The highest BCUT2D eigenvalue weighted by Crippen LogP contribution is 2.27. The standard InChI is InChI=1S/C10H9N3S/c1-6-3-8-9(4-7(6)2)14-10-12-11-5-13(8)10/h3-5H,1-2H3. The molecule has 0 amide bonds. The highest BCUT2D eigenvalue weighted by molar-refractivity contribution is 7.23. The predicted molar refractivity (Wildman–Crippen MR) is 57.8 cm³/mol. The summed E-state index contributed by atoms with van der Waals surface area (Å²) in [4.78, 5) is 0.963. The average Bonchev–Trinajstić information content (AvgIpc) is 2.68. The smallest absolute Gasteiger partial charge is 0.217 e. The first-order valence-electron chi connectivity index (χ1n) is 4.45. The van der Waals surface area contributed by atoms with E-state index >= 15 is 0 Å². The normalized spacial score (nSPS) is 11.6. The monoisotopic (exact) mass is 203 g/mol. The first-order chi connectivity index (χ1) is 6.75. The number of hydrogen-bond acceptors (Lipinski definition) is 3. The van der Waals surface area contributed by atoms with Gasteiger partial charge in [-0.3, -0.25) is 4.40 Å². The van der Waals surface area contributed by atoms with Crippen LogP contribution < -0.4 is 0 Å². The first-order valence-corrected chi connectivity index (χ1v) is 5.27. The number of thiazole rings is 1. The van der Waals surface area contributed by atoms with Crippen molar-refractivity contribution >= 4 is 26.5 Å². The van der Waals surface area contributed by atoms with Gasteiger partial charge in [0.1, 0.15) is 6.33 Å². The minimum absolute atomic E-state index is 0.963. The Morgan fingerprint density at radius 1 is 1.21 bits per heavy atom. The van der Waals surface area contributed by atoms with Gasteiger partial charge in [-0.15, -0.1) is 10.2 Å². The number of rotatable bonds is 0. The number of aryl methyl sites for hydroxylation is 2. The summed E-state index contributed by atoms with van der Waals surface area (Å²) in [6.45, 7) is 4.26. The number of benzene rings is 1. The van der Waals surface area contributed by atoms with Crippen molar-refractivity contribution in [2.45, 2.75) is 13.8 Å². The maximum absolute atomic E-state index is 4.05. The Hall–Kier alpha value is -1.42. The van der Waals surface area contributed by atoms with Crippen molar-refractivity contribution in [3.05, 3.63) is 29.6 Å². The van der Waals surface area contributed by atoms with Gasteiger partial charge in [-0.2, -0.15) is 0 Å². The fourth-order valence-corrected chi connectivity index (χ4v) is 2.63. The molecule has 3 aromatic rings. The minimum atomic E-state index is 0.963. The Bertz CT molecular complexity index is 621. The summed E-state index contributed by atoms with van der Waals surface area (Å²) in [6, 6.07) is 4.40. The maximum atomic E-state index is 4.05. The van der Waals surface area contributed by atoms with E-state index < -0.39 is 0 Å². The first kappa shape index (κ1) is 7.94. The molecule has 0 saturated carbocycles. The van der Waals surface area contributed by atoms with Crippen LogP contribution in [0, 0.1) is 13.8 Å². The summed E-state index contributed by atoms with van der Waals surface area (Å²) in [6.07, 6.45) is 1.77. The van der Waals surface area contributed by atoms with E-state index in [9.17, 15) is 0 Å². The van der Waals surface area contributed by atoms with Gasteiger partial charge in [0, 0.05) is 0 Å². The summed E-state index contributed by atoms with van der Waals surface area (Å²) in [5.74, 6) is 0. The van der Waals surface area contributed by atoms with Gasteiger partial charge in [-0.1, -0.05) is 11.3 Å². The molecular formula is C10H9N3S. The Kier molecular flexibility index (Phi) is 1.44. The fourth-order valence-electron chi connectivity index (χ4n) is 1.60. The largest absolute Gasteiger partial charge is 0.272 e. The Balaban J connectivity index is 2.57. The summed E-state index contributed by atoms with van der Waals surface area (Å²) in [7, 11) is 0. The van der Waals surface area contributed by atoms with Crippen LogP contribution in [0.3, 0.4) is 0 Å². The van der Waals surface area contributed by atoms with E-state index in [2.05, 4.69) is 36.2 Å². The van der Waals surface area contributed by atoms with Crippen LogP contribution in [0.25, 0.3) is 15.2 Å². The second kappa shape index (κ2) is 2.54. The summed E-state index contributed by atoms with van der Waals surface area (Å²) in [5, 5.41) is 7.93. The summed E-state index contributed by atoms with van der Waals surface area (Å²) in [5.41, 5.74) is 3.85. The summed E-state index contributed by atoms with van der Waals surface area (Å²) >= 11 is 1.68. The van der Waals surface area contributed by atoms with E-state index in [-0.39, 0.29) is 0 Å². The molecule has 0 aliphatic rings. The van der Waals surface area contributed by atoms with Crippen LogP contribution in [-0.2, 0) is 0 Å². The zero-order chi connectivity index (χ0) is 9.71. The van der Waals surface area contributed by atoms with E-state index in [1.807, 2.05) is 4.40 Å². The van der Waals surface area contributed by atoms with Gasteiger partial charge in [0.2, 0.25) is 4.96 Å². The lowest BCUT2D eigenvalue weighted by Gasteiger charge is -1.98. The molecule has 2 heterocycles. The molecule has 3 nitrogen and oxygen atoms in total. The molecule has 0 unspecified atom stereocenters. The molecule has 0 N–H and O–H groups in total. The molecular weight excluding hydrogens is 194 g/mol. The lowest BCUT2D eigenvalue weighted by Crippen LogP contribution is -1.82. The van der Waals surface area contributed by atoms with Crippen LogP contribution >= 0.6 is 11.3 Å². The van der Waals surface area contributed by atoms with E-state index in [1.165, 1.54) is 21.3 Å². The molecule has 0 atom stereocenters. The number of fused-ring (bicyclic) bond motifs is 3. The Morgan fingerprint density at radius 2 is 2.00 bits per heavy atom. The van der Waals surface area contributed by atoms with Crippen LogP contribution in [0.1, 0.15) is 11.1 Å². The third-order valence-corrected chi connectivity index (χ3v) is 3.56. The molecule has 0 aliphatic carbocycles. The number of aromatic nitrogens is 3. The Morgan fingerprint density at radius 3 is 2.86 bits per heavy atom. The second-order valence-electron chi connectivity index (χ2n) is 3.49. The van der Waals surface area contributed by atoms with Crippen LogP contribution in [0.5, 0.6) is 0 Å². The van der Waals surface area contributed by atoms with Crippen molar-refractivity contribution in [3.63, 3.8) is 0 Å². The predicted octanol–water partition coefficient (Wildman–Crippen LogP) is 2.56. The van der Waals surface area contributed by atoms with Crippen LogP contribution in [0.15, 0.2) is 18.5 Å². The number of nitrogens with zero attached hydrogens (tertiary/aromatic N) is 3. The third kappa shape index (κ3) is 0.915. The van der Waals surface area contributed by atoms with Crippen molar-refractivity contribution < 1.29 is 0 Å². The minimum Gasteiger partial charge on any atom is -0.272 e. The van der Waals surface area contributed by atoms with Gasteiger partial charge < -0.3 is 0 Å². The highest BCUT2D eigenvalue weighted by Gasteiger charge is 2.06. The zero-order valence-electron chi connectivity index (χ0n) is 7.98. The average molecular weight is 203 g/mol. The van der Waals surface area contributed by atoms with Gasteiger partial charge in [-0.05, 0) is 37.1 Å². The van der Waals surface area contributed by atoms with Crippen molar-refractivity contribution in [3.8, 4) is 0 Å². The highest BCUT2D eigenvalue weighted by atomic mass is 32.1. The van der Waals surface area contributed by atoms with Crippen molar-refractivity contribution in [2.24, 2.45) is 0 Å². The molecule has 14 heavy (non-hydrogen) atoms. The molecule has 0 spiro atoms. The quantitative estimate of drug-likeness (QED) is 0.562. The third-order valence-electron chi connectivity index (χ3n) is 2.55.